The van der Waals surface area contributed by atoms with E-state index in [0.717, 1.165) is 3.70 Å². The van der Waals surface area contributed by atoms with Crippen LogP contribution < -0.4 is 4.74 Å². The van der Waals surface area contributed by atoms with Gasteiger partial charge in [-0.3, -0.25) is 0 Å². The molecule has 0 saturated heterocycles. The molecule has 0 aliphatic rings. The van der Waals surface area contributed by atoms with Crippen LogP contribution in [0.15, 0.2) is 30.6 Å². The van der Waals surface area contributed by atoms with Gasteiger partial charge in [0.15, 0.2) is 0 Å². The maximum Gasteiger partial charge on any atom is 0.136 e. The molecule has 1 heterocycles. The lowest BCUT2D eigenvalue weighted by Gasteiger charge is -2.08. The van der Waals surface area contributed by atoms with Crippen molar-refractivity contribution in [2.45, 2.75) is 0 Å². The average Bonchev–Trinajstić information content (AvgIpc) is 2.28. The van der Waals surface area contributed by atoms with Gasteiger partial charge in [-0.2, -0.15) is 0 Å². The molecule has 5 heteroatoms. The van der Waals surface area contributed by atoms with E-state index in [9.17, 15) is 4.39 Å². The molecule has 0 spiro atoms. The second-order valence-electron chi connectivity index (χ2n) is 3.04. The lowest BCUT2D eigenvalue weighted by molar-refractivity contribution is 0.413. The van der Waals surface area contributed by atoms with Gasteiger partial charge in [-0.1, -0.05) is 6.07 Å². The summed E-state index contributed by atoms with van der Waals surface area (Å²) >= 11 is 2.05. The van der Waals surface area contributed by atoms with Crippen molar-refractivity contribution in [3.8, 4) is 17.0 Å². The molecular formula is C11H8FIN2O. The number of halogens is 2. The predicted molar refractivity (Wildman–Crippen MR) is 66.7 cm³/mol. The molecule has 1 aromatic carbocycles. The lowest BCUT2D eigenvalue weighted by atomic mass is 10.1. The number of hydrogen-bond acceptors (Lipinski definition) is 3. The Morgan fingerprint density at radius 1 is 1.31 bits per heavy atom. The summed E-state index contributed by atoms with van der Waals surface area (Å²) in [7, 11) is 1.50. The van der Waals surface area contributed by atoms with Crippen LogP contribution in [0, 0.1) is 9.52 Å². The maximum atomic E-state index is 13.7. The fourth-order valence-electron chi connectivity index (χ4n) is 1.39. The molecular weight excluding hydrogens is 322 g/mol. The van der Waals surface area contributed by atoms with Gasteiger partial charge in [0.05, 0.1) is 18.4 Å². The summed E-state index contributed by atoms with van der Waals surface area (Å²) < 4.78 is 19.6. The van der Waals surface area contributed by atoms with Gasteiger partial charge in [0.2, 0.25) is 0 Å². The van der Waals surface area contributed by atoms with Crippen molar-refractivity contribution in [3.05, 3.63) is 40.1 Å². The Hall–Kier alpha value is -1.24. The minimum Gasteiger partial charge on any atom is -0.496 e. The topological polar surface area (TPSA) is 35.0 Å². The zero-order valence-electron chi connectivity index (χ0n) is 8.45. The molecule has 0 atom stereocenters. The van der Waals surface area contributed by atoms with E-state index in [1.54, 1.807) is 18.2 Å². The maximum absolute atomic E-state index is 13.7. The highest BCUT2D eigenvalue weighted by atomic mass is 127. The van der Waals surface area contributed by atoms with E-state index in [-0.39, 0.29) is 5.82 Å². The second kappa shape index (κ2) is 4.73. The van der Waals surface area contributed by atoms with Crippen molar-refractivity contribution in [1.29, 1.82) is 0 Å². The van der Waals surface area contributed by atoms with Gasteiger partial charge in [-0.15, -0.1) is 0 Å². The quantitative estimate of drug-likeness (QED) is 0.627. The van der Waals surface area contributed by atoms with Gasteiger partial charge < -0.3 is 4.74 Å². The Balaban J connectivity index is 2.63. The second-order valence-corrected chi connectivity index (χ2v) is 4.15. The largest absolute Gasteiger partial charge is 0.496 e. The summed E-state index contributed by atoms with van der Waals surface area (Å²) in [5.41, 5.74) is 0.889. The van der Waals surface area contributed by atoms with Gasteiger partial charge >= 0.3 is 0 Å². The first-order valence-corrected chi connectivity index (χ1v) is 5.60. The van der Waals surface area contributed by atoms with E-state index in [1.165, 1.54) is 19.5 Å². The molecule has 0 radical (unpaired) electrons. The van der Waals surface area contributed by atoms with E-state index in [1.807, 2.05) is 0 Å². The Bertz CT molecular complexity index is 519. The molecule has 0 N–H and O–H groups in total. The predicted octanol–water partition coefficient (Wildman–Crippen LogP) is 2.90. The van der Waals surface area contributed by atoms with E-state index >= 15 is 0 Å². The van der Waals surface area contributed by atoms with Crippen molar-refractivity contribution in [2.75, 3.05) is 7.11 Å². The first-order chi connectivity index (χ1) is 7.72. The number of benzene rings is 1. The number of rotatable bonds is 2. The van der Waals surface area contributed by atoms with Gasteiger partial charge in [-0.05, 0) is 40.8 Å². The number of hydrogen-bond donors (Lipinski definition) is 0. The van der Waals surface area contributed by atoms with Gasteiger partial charge in [-0.25, -0.2) is 14.4 Å². The third kappa shape index (κ3) is 2.13. The molecule has 1 aromatic heterocycles. The van der Waals surface area contributed by atoms with Crippen molar-refractivity contribution in [3.63, 3.8) is 0 Å². The standard InChI is InChI=1S/C11H8FIN2O/c1-16-9-4-2-3-7(12)11(9)8-5-10(13)15-6-14-8/h2-6H,1H3. The third-order valence-electron chi connectivity index (χ3n) is 2.09. The molecule has 0 saturated carbocycles. The molecule has 2 rings (SSSR count). The van der Waals surface area contributed by atoms with Crippen LogP contribution >= 0.6 is 22.6 Å². The van der Waals surface area contributed by atoms with Crippen LogP contribution in [0.2, 0.25) is 0 Å². The van der Waals surface area contributed by atoms with Crippen LogP contribution in [0.5, 0.6) is 5.75 Å². The Morgan fingerprint density at radius 2 is 2.12 bits per heavy atom. The molecule has 82 valence electrons. The molecule has 0 bridgehead atoms. The lowest BCUT2D eigenvalue weighted by Crippen LogP contribution is -1.95. The fraction of sp³-hybridized carbons (Fsp3) is 0.0909. The first-order valence-electron chi connectivity index (χ1n) is 4.53. The van der Waals surface area contributed by atoms with Crippen LogP contribution in [0.4, 0.5) is 4.39 Å². The average molecular weight is 330 g/mol. The highest BCUT2D eigenvalue weighted by Crippen LogP contribution is 2.31. The number of ether oxygens (including phenoxy) is 1. The number of methoxy groups -OCH3 is 1. The minimum atomic E-state index is -0.353. The normalized spacial score (nSPS) is 10.2. The molecule has 0 aliphatic heterocycles. The van der Waals surface area contributed by atoms with Crippen molar-refractivity contribution >= 4 is 22.6 Å². The Kier molecular flexibility index (Phi) is 3.33. The van der Waals surface area contributed by atoms with Crippen molar-refractivity contribution < 1.29 is 9.13 Å². The van der Waals surface area contributed by atoms with Crippen LogP contribution in [0.25, 0.3) is 11.3 Å². The third-order valence-corrected chi connectivity index (χ3v) is 2.68. The first kappa shape index (κ1) is 11.3. The zero-order valence-corrected chi connectivity index (χ0v) is 10.6. The fourth-order valence-corrected chi connectivity index (χ4v) is 1.81. The summed E-state index contributed by atoms with van der Waals surface area (Å²) in [5, 5.41) is 0. The Morgan fingerprint density at radius 3 is 2.81 bits per heavy atom. The molecule has 3 nitrogen and oxygen atoms in total. The number of nitrogens with zero attached hydrogens (tertiary/aromatic N) is 2. The van der Waals surface area contributed by atoms with E-state index in [4.69, 9.17) is 4.74 Å². The van der Waals surface area contributed by atoms with E-state index < -0.39 is 0 Å². The molecule has 0 unspecified atom stereocenters. The monoisotopic (exact) mass is 330 g/mol. The molecule has 0 amide bonds. The highest BCUT2D eigenvalue weighted by Gasteiger charge is 2.12. The Labute approximate surface area is 106 Å². The van der Waals surface area contributed by atoms with E-state index in [0.29, 0.717) is 17.0 Å². The van der Waals surface area contributed by atoms with Gasteiger partial charge in [0.1, 0.15) is 21.6 Å². The number of aromatic nitrogens is 2. The summed E-state index contributed by atoms with van der Waals surface area (Å²) in [5.74, 6) is 0.114. The molecule has 2 aromatic rings. The van der Waals surface area contributed by atoms with Gasteiger partial charge in [0, 0.05) is 0 Å². The molecule has 0 fully saturated rings. The summed E-state index contributed by atoms with van der Waals surface area (Å²) in [4.78, 5) is 8.01. The summed E-state index contributed by atoms with van der Waals surface area (Å²) in [6.07, 6.45) is 1.41. The zero-order chi connectivity index (χ0) is 11.5. The minimum absolute atomic E-state index is 0.353. The summed E-state index contributed by atoms with van der Waals surface area (Å²) in [6.45, 7) is 0. The molecule has 0 aliphatic carbocycles. The van der Waals surface area contributed by atoms with Crippen molar-refractivity contribution in [2.24, 2.45) is 0 Å². The molecule has 16 heavy (non-hydrogen) atoms. The summed E-state index contributed by atoms with van der Waals surface area (Å²) in [6, 6.07) is 6.39. The van der Waals surface area contributed by atoms with Gasteiger partial charge in [0.25, 0.3) is 0 Å². The van der Waals surface area contributed by atoms with Crippen LogP contribution in [-0.2, 0) is 0 Å². The van der Waals surface area contributed by atoms with Crippen LogP contribution in [-0.4, -0.2) is 17.1 Å². The van der Waals surface area contributed by atoms with Crippen LogP contribution in [0.1, 0.15) is 0 Å². The SMILES string of the molecule is COc1cccc(F)c1-c1cc(I)ncn1. The van der Waals surface area contributed by atoms with E-state index in [2.05, 4.69) is 32.6 Å². The highest BCUT2D eigenvalue weighted by molar-refractivity contribution is 14.1. The van der Waals surface area contributed by atoms with Crippen LogP contribution in [0.3, 0.4) is 0 Å². The van der Waals surface area contributed by atoms with Crippen molar-refractivity contribution in [1.82, 2.24) is 9.97 Å². The smallest absolute Gasteiger partial charge is 0.136 e.